The van der Waals surface area contributed by atoms with Crippen molar-refractivity contribution in [1.29, 1.82) is 5.26 Å². The van der Waals surface area contributed by atoms with E-state index in [4.69, 9.17) is 22.1 Å². The summed E-state index contributed by atoms with van der Waals surface area (Å²) in [6.45, 7) is 0.321. The Morgan fingerprint density at radius 2 is 1.97 bits per heavy atom. The highest BCUT2D eigenvalue weighted by Crippen LogP contribution is 2.40. The van der Waals surface area contributed by atoms with Crippen LogP contribution in [0.1, 0.15) is 33.8 Å². The van der Waals surface area contributed by atoms with Gasteiger partial charge < -0.3 is 15.4 Å². The molecule has 3 aromatic carbocycles. The second kappa shape index (κ2) is 8.69. The van der Waals surface area contributed by atoms with Crippen molar-refractivity contribution in [3.8, 4) is 17.6 Å². The number of nitriles is 1. The highest BCUT2D eigenvalue weighted by molar-refractivity contribution is 6.30. The van der Waals surface area contributed by atoms with Gasteiger partial charge in [-0.1, -0.05) is 29.8 Å². The Kier molecular flexibility index (Phi) is 5.80. The molecular weight excluding hydrogens is 433 g/mol. The van der Waals surface area contributed by atoms with Crippen LogP contribution in [-0.4, -0.2) is 18.4 Å². The molecule has 8 heteroatoms. The van der Waals surface area contributed by atoms with Gasteiger partial charge in [-0.2, -0.15) is 5.26 Å². The van der Waals surface area contributed by atoms with Gasteiger partial charge in [0.15, 0.2) is 11.6 Å². The highest BCUT2D eigenvalue weighted by Gasteiger charge is 2.34. The first kappa shape index (κ1) is 21.3. The Morgan fingerprint density at radius 1 is 1.19 bits per heavy atom. The number of para-hydroxylation sites is 1. The number of benzene rings is 3. The lowest BCUT2D eigenvalue weighted by molar-refractivity contribution is -0.117. The summed E-state index contributed by atoms with van der Waals surface area (Å²) in [6, 6.07) is 17.5. The average molecular weight is 450 g/mol. The predicted molar refractivity (Wildman–Crippen MR) is 117 cm³/mol. The van der Waals surface area contributed by atoms with Crippen molar-refractivity contribution in [1.82, 2.24) is 0 Å². The number of halogens is 2. The van der Waals surface area contributed by atoms with Crippen molar-refractivity contribution in [3.05, 3.63) is 88.2 Å². The van der Waals surface area contributed by atoms with Crippen LogP contribution < -0.4 is 15.4 Å². The number of nitrogens with two attached hydrogens (primary N) is 1. The molecule has 0 aromatic heterocycles. The molecule has 2 N–H and O–H groups in total. The topological polar surface area (TPSA) is 96.4 Å². The first-order chi connectivity index (χ1) is 15.4. The molecule has 160 valence electrons. The second-order valence-corrected chi connectivity index (χ2v) is 7.77. The fourth-order valence-corrected chi connectivity index (χ4v) is 3.90. The van der Waals surface area contributed by atoms with Crippen molar-refractivity contribution < 1.29 is 18.7 Å². The predicted octanol–water partition coefficient (Wildman–Crippen LogP) is 4.76. The van der Waals surface area contributed by atoms with E-state index in [-0.39, 0.29) is 35.3 Å². The van der Waals surface area contributed by atoms with Gasteiger partial charge in [0.25, 0.3) is 0 Å². The summed E-state index contributed by atoms with van der Waals surface area (Å²) in [5.74, 6) is -1.60. The van der Waals surface area contributed by atoms with Crippen LogP contribution >= 0.6 is 11.6 Å². The molecule has 0 bridgehead atoms. The molecule has 1 saturated heterocycles. The molecular formula is C24H17ClFN3O3. The van der Waals surface area contributed by atoms with E-state index in [1.807, 2.05) is 6.07 Å². The van der Waals surface area contributed by atoms with Gasteiger partial charge in [-0.3, -0.25) is 9.59 Å². The summed E-state index contributed by atoms with van der Waals surface area (Å²) in [5, 5.41) is 9.68. The van der Waals surface area contributed by atoms with E-state index in [2.05, 4.69) is 0 Å². The van der Waals surface area contributed by atoms with E-state index < -0.39 is 11.7 Å². The van der Waals surface area contributed by atoms with Crippen molar-refractivity contribution in [2.75, 3.05) is 11.4 Å². The molecule has 1 atom stereocenters. The number of amides is 2. The van der Waals surface area contributed by atoms with Gasteiger partial charge in [0, 0.05) is 40.7 Å². The lowest BCUT2D eigenvalue weighted by atomic mass is 9.97. The Balaban J connectivity index is 1.67. The molecule has 1 aliphatic rings. The molecule has 1 heterocycles. The maximum Gasteiger partial charge on any atom is 0.248 e. The number of hydrogen-bond acceptors (Lipinski definition) is 4. The highest BCUT2D eigenvalue weighted by atomic mass is 35.5. The van der Waals surface area contributed by atoms with Crippen molar-refractivity contribution in [2.45, 2.75) is 12.3 Å². The van der Waals surface area contributed by atoms with Crippen LogP contribution in [0.2, 0.25) is 5.02 Å². The zero-order valence-corrected chi connectivity index (χ0v) is 17.5. The van der Waals surface area contributed by atoms with Crippen LogP contribution in [0.25, 0.3) is 0 Å². The summed E-state index contributed by atoms with van der Waals surface area (Å²) < 4.78 is 20.2. The molecule has 0 radical (unpaired) electrons. The first-order valence-corrected chi connectivity index (χ1v) is 10.1. The van der Waals surface area contributed by atoms with Gasteiger partial charge in [0.05, 0.1) is 5.56 Å². The number of rotatable bonds is 5. The largest absolute Gasteiger partial charge is 0.453 e. The Bertz CT molecular complexity index is 1270. The molecule has 2 amide bonds. The number of primary amides is 1. The van der Waals surface area contributed by atoms with E-state index in [1.54, 1.807) is 41.3 Å². The summed E-state index contributed by atoms with van der Waals surface area (Å²) in [6.07, 6.45) is 0.182. The molecule has 0 spiro atoms. The molecule has 1 aliphatic heterocycles. The monoisotopic (exact) mass is 449 g/mol. The van der Waals surface area contributed by atoms with Crippen LogP contribution in [0, 0.1) is 17.1 Å². The second-order valence-electron chi connectivity index (χ2n) is 7.33. The number of nitrogens with zero attached hydrogens (tertiary/aromatic N) is 2. The summed E-state index contributed by atoms with van der Waals surface area (Å²) >= 11 is 6.14. The van der Waals surface area contributed by atoms with Crippen LogP contribution in [0.5, 0.6) is 11.5 Å². The minimum Gasteiger partial charge on any atom is -0.453 e. The average Bonchev–Trinajstić information content (AvgIpc) is 3.16. The van der Waals surface area contributed by atoms with Gasteiger partial charge in [-0.05, 0) is 42.5 Å². The number of ether oxygens (including phenoxy) is 1. The number of carbonyl (C=O) groups excluding carboxylic acids is 2. The van der Waals surface area contributed by atoms with E-state index in [0.717, 1.165) is 0 Å². The summed E-state index contributed by atoms with van der Waals surface area (Å²) in [4.78, 5) is 25.8. The fourth-order valence-electron chi connectivity index (χ4n) is 3.74. The van der Waals surface area contributed by atoms with E-state index in [9.17, 15) is 19.2 Å². The third-order valence-electron chi connectivity index (χ3n) is 5.28. The number of carbonyl (C=O) groups is 2. The smallest absolute Gasteiger partial charge is 0.248 e. The minimum absolute atomic E-state index is 0.0447. The van der Waals surface area contributed by atoms with E-state index in [0.29, 0.717) is 28.4 Å². The number of anilines is 1. The summed E-state index contributed by atoms with van der Waals surface area (Å²) in [5.41, 5.74) is 6.92. The third-order valence-corrected chi connectivity index (χ3v) is 5.52. The Labute approximate surface area is 188 Å². The molecule has 3 aromatic rings. The van der Waals surface area contributed by atoms with Gasteiger partial charge in [-0.25, -0.2) is 4.39 Å². The minimum atomic E-state index is -0.678. The van der Waals surface area contributed by atoms with Crippen molar-refractivity contribution in [2.24, 2.45) is 5.73 Å². The normalized spacial score (nSPS) is 15.5. The molecule has 0 aliphatic carbocycles. The molecule has 32 heavy (non-hydrogen) atoms. The van der Waals surface area contributed by atoms with Gasteiger partial charge >= 0.3 is 0 Å². The molecule has 0 unspecified atom stereocenters. The van der Waals surface area contributed by atoms with Gasteiger partial charge in [-0.15, -0.1) is 0 Å². The fraction of sp³-hybridized carbons (Fsp3) is 0.125. The van der Waals surface area contributed by atoms with Crippen LogP contribution in [0.3, 0.4) is 0 Å². The van der Waals surface area contributed by atoms with Crippen LogP contribution in [-0.2, 0) is 4.79 Å². The maximum absolute atomic E-state index is 14.4. The SMILES string of the molecule is N#Cc1cccc(F)c1Oc1cc(Cl)ccc1[C@H]1CC(=O)N(c2cccc(C(N)=O)c2)C1. The maximum atomic E-state index is 14.4. The summed E-state index contributed by atoms with van der Waals surface area (Å²) in [7, 11) is 0. The Morgan fingerprint density at radius 3 is 2.72 bits per heavy atom. The number of hydrogen-bond donors (Lipinski definition) is 1. The molecule has 6 nitrogen and oxygen atoms in total. The van der Waals surface area contributed by atoms with Crippen molar-refractivity contribution >= 4 is 29.1 Å². The lowest BCUT2D eigenvalue weighted by Gasteiger charge is -2.19. The Hall–Kier alpha value is -3.89. The quantitative estimate of drug-likeness (QED) is 0.607. The molecule has 0 saturated carbocycles. The molecule has 4 rings (SSSR count). The lowest BCUT2D eigenvalue weighted by Crippen LogP contribution is -2.24. The van der Waals surface area contributed by atoms with E-state index >= 15 is 0 Å². The third kappa shape index (κ3) is 4.13. The first-order valence-electron chi connectivity index (χ1n) is 9.73. The van der Waals surface area contributed by atoms with Crippen LogP contribution in [0.15, 0.2) is 60.7 Å². The zero-order valence-electron chi connectivity index (χ0n) is 16.7. The molecule has 1 fully saturated rings. The standard InChI is InChI=1S/C24H17ClFN3O3/c25-17-7-8-19(21(11-17)32-23-15(12-27)4-2-6-20(23)26)16-10-22(30)29(13-16)18-5-1-3-14(9-18)24(28)31/h1-9,11,16H,10,13H2,(H2,28,31)/t16-/m0/s1. The van der Waals surface area contributed by atoms with E-state index in [1.165, 1.54) is 24.3 Å². The van der Waals surface area contributed by atoms with Gasteiger partial charge in [0.2, 0.25) is 11.8 Å². The van der Waals surface area contributed by atoms with Crippen LogP contribution in [0.4, 0.5) is 10.1 Å². The van der Waals surface area contributed by atoms with Crippen molar-refractivity contribution in [3.63, 3.8) is 0 Å². The van der Waals surface area contributed by atoms with Gasteiger partial charge in [0.1, 0.15) is 11.8 Å². The zero-order chi connectivity index (χ0) is 22.8.